The lowest BCUT2D eigenvalue weighted by Gasteiger charge is -2.33. The predicted molar refractivity (Wildman–Crippen MR) is 80.9 cm³/mol. The SMILES string of the molecule is CC(C)N(c1ccc(N)c(NSC(F)(F)F)c1)C(C)C. The molecule has 0 saturated carbocycles. The smallest absolute Gasteiger partial charge is 0.397 e. The molecule has 1 aromatic carbocycles. The third-order valence-corrected chi connectivity index (χ3v) is 3.28. The summed E-state index contributed by atoms with van der Waals surface area (Å²) >= 11 is -0.310. The van der Waals surface area contributed by atoms with Crippen molar-refractivity contribution in [3.63, 3.8) is 0 Å². The minimum Gasteiger partial charge on any atom is -0.397 e. The summed E-state index contributed by atoms with van der Waals surface area (Å²) < 4.78 is 39.0. The maximum absolute atomic E-state index is 12.2. The van der Waals surface area contributed by atoms with Gasteiger partial charge in [0.15, 0.2) is 0 Å². The van der Waals surface area contributed by atoms with Gasteiger partial charge in [0.05, 0.1) is 23.3 Å². The molecule has 114 valence electrons. The molecule has 0 atom stereocenters. The molecule has 0 fully saturated rings. The number of nitrogens with zero attached hydrogens (tertiary/aromatic N) is 1. The third-order valence-electron chi connectivity index (χ3n) is 2.72. The fourth-order valence-electron chi connectivity index (χ4n) is 2.10. The van der Waals surface area contributed by atoms with E-state index in [0.29, 0.717) is 0 Å². The molecular formula is C13H20F3N3S. The Morgan fingerprint density at radius 1 is 1.15 bits per heavy atom. The van der Waals surface area contributed by atoms with Crippen molar-refractivity contribution in [1.82, 2.24) is 0 Å². The van der Waals surface area contributed by atoms with Crippen LogP contribution < -0.4 is 15.4 Å². The van der Waals surface area contributed by atoms with Gasteiger partial charge < -0.3 is 15.4 Å². The van der Waals surface area contributed by atoms with Crippen LogP contribution in [0, 0.1) is 0 Å². The molecule has 0 saturated heterocycles. The van der Waals surface area contributed by atoms with E-state index in [2.05, 4.69) is 9.62 Å². The summed E-state index contributed by atoms with van der Waals surface area (Å²) in [5.41, 5.74) is 2.77. The number of nitrogens with one attached hydrogen (secondary N) is 1. The number of rotatable bonds is 5. The Morgan fingerprint density at radius 3 is 2.15 bits per heavy atom. The quantitative estimate of drug-likeness (QED) is 0.622. The monoisotopic (exact) mass is 307 g/mol. The fraction of sp³-hybridized carbons (Fsp3) is 0.538. The Bertz CT molecular complexity index is 439. The van der Waals surface area contributed by atoms with Crippen LogP contribution in [0.3, 0.4) is 0 Å². The van der Waals surface area contributed by atoms with Crippen molar-refractivity contribution >= 4 is 29.0 Å². The molecule has 0 radical (unpaired) electrons. The van der Waals surface area contributed by atoms with Gasteiger partial charge in [0.2, 0.25) is 0 Å². The molecule has 0 aliphatic carbocycles. The summed E-state index contributed by atoms with van der Waals surface area (Å²) in [6.45, 7) is 8.14. The minimum atomic E-state index is -4.35. The maximum atomic E-state index is 12.2. The zero-order chi connectivity index (χ0) is 15.5. The highest BCUT2D eigenvalue weighted by molar-refractivity contribution is 8.01. The topological polar surface area (TPSA) is 41.3 Å². The number of hydrogen-bond acceptors (Lipinski definition) is 4. The van der Waals surface area contributed by atoms with Crippen LogP contribution in [0.15, 0.2) is 18.2 Å². The van der Waals surface area contributed by atoms with Crippen LogP contribution in [0.25, 0.3) is 0 Å². The lowest BCUT2D eigenvalue weighted by molar-refractivity contribution is -0.0323. The average Bonchev–Trinajstić information content (AvgIpc) is 2.27. The number of nitrogen functional groups attached to an aromatic ring is 1. The molecule has 7 heteroatoms. The Labute approximate surface area is 121 Å². The summed E-state index contributed by atoms with van der Waals surface area (Å²) in [6, 6.07) is 5.56. The van der Waals surface area contributed by atoms with Crippen molar-refractivity contribution in [2.75, 3.05) is 15.4 Å². The summed E-state index contributed by atoms with van der Waals surface area (Å²) in [6.07, 6.45) is 0. The molecule has 0 spiro atoms. The second kappa shape index (κ2) is 6.47. The molecule has 0 amide bonds. The Hall–Kier alpha value is -1.24. The van der Waals surface area contributed by atoms with Crippen LogP contribution in [0.1, 0.15) is 27.7 Å². The van der Waals surface area contributed by atoms with Gasteiger partial charge in [-0.1, -0.05) is 0 Å². The first-order chi connectivity index (χ1) is 9.11. The van der Waals surface area contributed by atoms with E-state index >= 15 is 0 Å². The van der Waals surface area contributed by atoms with Crippen LogP contribution in [0.2, 0.25) is 0 Å². The third kappa shape index (κ3) is 4.70. The van der Waals surface area contributed by atoms with Gasteiger partial charge >= 0.3 is 5.51 Å². The normalized spacial score (nSPS) is 12.1. The maximum Gasteiger partial charge on any atom is 0.461 e. The van der Waals surface area contributed by atoms with Gasteiger partial charge in [0.1, 0.15) is 0 Å². The highest BCUT2D eigenvalue weighted by Gasteiger charge is 2.29. The van der Waals surface area contributed by atoms with Crippen molar-refractivity contribution in [2.24, 2.45) is 0 Å². The zero-order valence-electron chi connectivity index (χ0n) is 12.0. The van der Waals surface area contributed by atoms with Crippen LogP contribution >= 0.6 is 11.9 Å². The lowest BCUT2D eigenvalue weighted by atomic mass is 10.1. The van der Waals surface area contributed by atoms with E-state index in [1.807, 2.05) is 33.8 Å². The van der Waals surface area contributed by atoms with E-state index in [-0.39, 0.29) is 35.4 Å². The molecule has 3 nitrogen and oxygen atoms in total. The van der Waals surface area contributed by atoms with Crippen molar-refractivity contribution in [2.45, 2.75) is 45.3 Å². The molecule has 3 N–H and O–H groups in total. The Morgan fingerprint density at radius 2 is 1.70 bits per heavy atom. The van der Waals surface area contributed by atoms with Crippen molar-refractivity contribution in [3.05, 3.63) is 18.2 Å². The summed E-state index contributed by atoms with van der Waals surface area (Å²) in [7, 11) is 0. The lowest BCUT2D eigenvalue weighted by Crippen LogP contribution is -2.36. The summed E-state index contributed by atoms with van der Waals surface area (Å²) in [5, 5.41) is 0. The number of hydrogen-bond donors (Lipinski definition) is 2. The molecule has 0 heterocycles. The number of anilines is 3. The first-order valence-electron chi connectivity index (χ1n) is 6.30. The first kappa shape index (κ1) is 16.8. The number of alkyl halides is 3. The molecule has 0 aliphatic heterocycles. The Balaban J connectivity index is 3.01. The average molecular weight is 307 g/mol. The second-order valence-electron chi connectivity index (χ2n) is 5.02. The van der Waals surface area contributed by atoms with Crippen LogP contribution in [-0.2, 0) is 0 Å². The molecule has 0 aliphatic rings. The van der Waals surface area contributed by atoms with E-state index in [1.54, 1.807) is 12.1 Å². The van der Waals surface area contributed by atoms with Crippen molar-refractivity contribution in [3.8, 4) is 0 Å². The molecule has 1 rings (SSSR count). The fourth-order valence-corrected chi connectivity index (χ4v) is 2.50. The number of benzene rings is 1. The van der Waals surface area contributed by atoms with Crippen molar-refractivity contribution < 1.29 is 13.2 Å². The van der Waals surface area contributed by atoms with Crippen LogP contribution in [-0.4, -0.2) is 17.6 Å². The molecule has 0 aromatic heterocycles. The van der Waals surface area contributed by atoms with E-state index in [9.17, 15) is 13.2 Å². The van der Waals surface area contributed by atoms with Gasteiger partial charge in [-0.25, -0.2) is 0 Å². The molecule has 0 bridgehead atoms. The predicted octanol–water partition coefficient (Wildman–Crippen LogP) is 4.47. The first-order valence-corrected chi connectivity index (χ1v) is 7.12. The molecule has 1 aromatic rings. The highest BCUT2D eigenvalue weighted by Crippen LogP contribution is 2.35. The number of halogens is 3. The minimum absolute atomic E-state index is 0.238. The molecule has 0 unspecified atom stereocenters. The Kier molecular flexibility index (Phi) is 5.44. The van der Waals surface area contributed by atoms with Gasteiger partial charge in [-0.15, -0.1) is 0 Å². The van der Waals surface area contributed by atoms with E-state index in [4.69, 9.17) is 5.73 Å². The summed E-state index contributed by atoms with van der Waals surface area (Å²) in [4.78, 5) is 2.11. The van der Waals surface area contributed by atoms with Gasteiger partial charge in [0.25, 0.3) is 0 Å². The highest BCUT2D eigenvalue weighted by atomic mass is 32.2. The van der Waals surface area contributed by atoms with E-state index in [0.717, 1.165) is 5.69 Å². The van der Waals surface area contributed by atoms with Gasteiger partial charge in [-0.3, -0.25) is 0 Å². The van der Waals surface area contributed by atoms with Gasteiger partial charge in [0, 0.05) is 17.8 Å². The van der Waals surface area contributed by atoms with Gasteiger partial charge in [-0.2, -0.15) is 13.2 Å². The standard InChI is InChI=1S/C13H20F3N3S/c1-8(2)19(9(3)4)10-5-6-11(17)12(7-10)18-20-13(14,15)16/h5-9,18H,17H2,1-4H3. The molecule has 20 heavy (non-hydrogen) atoms. The largest absolute Gasteiger partial charge is 0.461 e. The second-order valence-corrected chi connectivity index (χ2v) is 5.89. The van der Waals surface area contributed by atoms with E-state index in [1.165, 1.54) is 0 Å². The van der Waals surface area contributed by atoms with E-state index < -0.39 is 5.51 Å². The molecular weight excluding hydrogens is 287 g/mol. The zero-order valence-corrected chi connectivity index (χ0v) is 12.8. The van der Waals surface area contributed by atoms with Crippen LogP contribution in [0.5, 0.6) is 0 Å². The van der Waals surface area contributed by atoms with Crippen LogP contribution in [0.4, 0.5) is 30.2 Å². The van der Waals surface area contributed by atoms with Crippen molar-refractivity contribution in [1.29, 1.82) is 0 Å². The van der Waals surface area contributed by atoms with Gasteiger partial charge in [-0.05, 0) is 45.9 Å². The number of nitrogens with two attached hydrogens (primary N) is 1. The summed E-state index contributed by atoms with van der Waals surface area (Å²) in [5.74, 6) is 0.